The average molecular weight is 1350 g/mol. The van der Waals surface area contributed by atoms with E-state index in [1.807, 2.05) is 0 Å². The molecule has 6 atom stereocenters. The number of carbonyl (C=O) groups excluding carboxylic acids is 4. The van der Waals surface area contributed by atoms with E-state index in [1.165, 1.54) is 161 Å². The first-order chi connectivity index (χ1) is 44.1. The highest BCUT2D eigenvalue weighted by Crippen LogP contribution is 2.45. The Bertz CT molecular complexity index is 1820. The van der Waals surface area contributed by atoms with E-state index in [2.05, 4.69) is 55.4 Å². The van der Waals surface area contributed by atoms with Gasteiger partial charge in [0.15, 0.2) is 12.2 Å². The quantitative estimate of drug-likeness (QED) is 0.0222. The molecule has 17 nitrogen and oxygen atoms in total. The second kappa shape index (κ2) is 62.6. The molecule has 0 aliphatic carbocycles. The van der Waals surface area contributed by atoms with E-state index in [-0.39, 0.29) is 25.7 Å². The Balaban J connectivity index is 5.23. The Morgan fingerprint density at radius 2 is 0.522 bits per heavy atom. The maximum atomic E-state index is 13.1. The SMILES string of the molecule is CCC(C)CCCCCCCCCCC(=O)OC[C@H](COP(=O)(O)OC[C@@H](O)COP(=O)(O)OC[C@@H](COC(=O)CCCCCCCCC(C)C)OC(=O)CCCCCCCCCCCCC(C)C)OC(=O)CCCCCCCCCCCCCCCCCC(C)C. The number of unbranched alkanes of at least 4 members (excludes halogenated alkanes) is 35. The van der Waals surface area contributed by atoms with E-state index in [4.69, 9.17) is 37.0 Å². The fourth-order valence-electron chi connectivity index (χ4n) is 11.0. The van der Waals surface area contributed by atoms with Gasteiger partial charge < -0.3 is 33.8 Å². The Hall–Kier alpha value is -1.94. The molecular formula is C73H142O17P2. The molecule has 3 unspecified atom stereocenters. The lowest BCUT2D eigenvalue weighted by Gasteiger charge is -2.21. The molecule has 0 aliphatic rings. The van der Waals surface area contributed by atoms with Crippen LogP contribution in [0, 0.1) is 23.7 Å². The highest BCUT2D eigenvalue weighted by Gasteiger charge is 2.30. The van der Waals surface area contributed by atoms with Gasteiger partial charge in [-0.3, -0.25) is 37.3 Å². The summed E-state index contributed by atoms with van der Waals surface area (Å²) in [5.74, 6) is 0.884. The van der Waals surface area contributed by atoms with Crippen molar-refractivity contribution in [1.29, 1.82) is 0 Å². The molecule has 546 valence electrons. The highest BCUT2D eigenvalue weighted by molar-refractivity contribution is 7.47. The van der Waals surface area contributed by atoms with Crippen molar-refractivity contribution in [3.63, 3.8) is 0 Å². The molecule has 92 heavy (non-hydrogen) atoms. The predicted octanol–water partition coefficient (Wildman–Crippen LogP) is 20.9. The summed E-state index contributed by atoms with van der Waals surface area (Å²) < 4.78 is 68.4. The first kappa shape index (κ1) is 90.1. The van der Waals surface area contributed by atoms with Crippen molar-refractivity contribution >= 4 is 39.5 Å². The molecule has 19 heteroatoms. The molecule has 0 aromatic rings. The topological polar surface area (TPSA) is 237 Å². The third-order valence-corrected chi connectivity index (χ3v) is 19.1. The molecule has 0 aromatic carbocycles. The van der Waals surface area contributed by atoms with Crippen molar-refractivity contribution < 1.29 is 80.2 Å². The summed E-state index contributed by atoms with van der Waals surface area (Å²) >= 11 is 0. The molecule has 0 bridgehead atoms. The zero-order valence-corrected chi connectivity index (χ0v) is 62.0. The van der Waals surface area contributed by atoms with Gasteiger partial charge in [0.1, 0.15) is 19.3 Å². The Kier molecular flexibility index (Phi) is 61.3. The van der Waals surface area contributed by atoms with E-state index in [0.717, 1.165) is 114 Å². The second-order valence-electron chi connectivity index (χ2n) is 28.0. The molecule has 0 spiro atoms. The molecule has 0 amide bonds. The molecule has 0 aromatic heterocycles. The standard InChI is InChI=1S/C73H142O17P2/c1-9-66(8)52-44-36-27-23-24-28-37-45-53-70(75)83-59-68(89-72(77)55-47-39-29-21-16-14-12-10-11-13-15-19-25-33-41-49-63(2)3)61-87-91(79,80)85-57-67(74)58-86-92(81,82)88-62-69(60-84-71(76)54-46-38-32-31-35-43-51-65(6)7)90-73(78)56-48-40-30-22-18-17-20-26-34-42-50-64(4)5/h63-69,74H,9-62H2,1-8H3,(H,79,80)(H,81,82)/t66?,67-,68-,69-/m1/s1. The zero-order chi connectivity index (χ0) is 68.2. The smallest absolute Gasteiger partial charge is 0.462 e. The van der Waals surface area contributed by atoms with Crippen LogP contribution in [0.15, 0.2) is 0 Å². The first-order valence-corrected chi connectivity index (χ1v) is 40.7. The fraction of sp³-hybridized carbons (Fsp3) is 0.945. The number of hydrogen-bond donors (Lipinski definition) is 3. The first-order valence-electron chi connectivity index (χ1n) is 37.7. The lowest BCUT2D eigenvalue weighted by molar-refractivity contribution is -0.161. The maximum absolute atomic E-state index is 13.1. The summed E-state index contributed by atoms with van der Waals surface area (Å²) in [6, 6.07) is 0. The van der Waals surface area contributed by atoms with Crippen LogP contribution in [0.5, 0.6) is 0 Å². The molecule has 0 saturated carbocycles. The molecule has 0 heterocycles. The van der Waals surface area contributed by atoms with Gasteiger partial charge in [-0.05, 0) is 49.4 Å². The van der Waals surface area contributed by atoms with Crippen molar-refractivity contribution in [1.82, 2.24) is 0 Å². The van der Waals surface area contributed by atoms with E-state index in [0.29, 0.717) is 31.6 Å². The van der Waals surface area contributed by atoms with Crippen molar-refractivity contribution in [2.24, 2.45) is 23.7 Å². The number of phosphoric acid groups is 2. The van der Waals surface area contributed by atoms with Crippen molar-refractivity contribution in [2.75, 3.05) is 39.6 Å². The average Bonchev–Trinajstić information content (AvgIpc) is 3.45. The van der Waals surface area contributed by atoms with Gasteiger partial charge >= 0.3 is 39.5 Å². The summed E-state index contributed by atoms with van der Waals surface area (Å²) in [7, 11) is -9.91. The van der Waals surface area contributed by atoms with E-state index < -0.39 is 97.5 Å². The van der Waals surface area contributed by atoms with E-state index in [1.54, 1.807) is 0 Å². The second-order valence-corrected chi connectivity index (χ2v) is 30.9. The van der Waals surface area contributed by atoms with Gasteiger partial charge in [-0.2, -0.15) is 0 Å². The maximum Gasteiger partial charge on any atom is 0.472 e. The Morgan fingerprint density at radius 1 is 0.304 bits per heavy atom. The van der Waals surface area contributed by atoms with Crippen LogP contribution in [0.3, 0.4) is 0 Å². The Morgan fingerprint density at radius 3 is 0.772 bits per heavy atom. The van der Waals surface area contributed by atoms with Gasteiger partial charge in [0, 0.05) is 25.7 Å². The largest absolute Gasteiger partial charge is 0.472 e. The van der Waals surface area contributed by atoms with Crippen molar-refractivity contribution in [2.45, 2.75) is 382 Å². The van der Waals surface area contributed by atoms with Gasteiger partial charge in [-0.15, -0.1) is 0 Å². The van der Waals surface area contributed by atoms with Crippen LogP contribution in [0.25, 0.3) is 0 Å². The molecular weight excluding hydrogens is 1210 g/mol. The minimum atomic E-state index is -4.96. The predicted molar refractivity (Wildman–Crippen MR) is 372 cm³/mol. The number of aliphatic hydroxyl groups is 1. The van der Waals surface area contributed by atoms with Crippen LogP contribution in [0.4, 0.5) is 0 Å². The number of rotatable bonds is 70. The van der Waals surface area contributed by atoms with Crippen LogP contribution in [0.1, 0.15) is 364 Å². The minimum Gasteiger partial charge on any atom is -0.462 e. The third-order valence-electron chi connectivity index (χ3n) is 17.2. The van der Waals surface area contributed by atoms with Crippen LogP contribution in [-0.2, 0) is 65.4 Å². The highest BCUT2D eigenvalue weighted by atomic mass is 31.2. The fourth-order valence-corrected chi connectivity index (χ4v) is 12.6. The van der Waals surface area contributed by atoms with Gasteiger partial charge in [0.2, 0.25) is 0 Å². The third kappa shape index (κ3) is 65.4. The lowest BCUT2D eigenvalue weighted by atomic mass is 9.99. The van der Waals surface area contributed by atoms with Crippen molar-refractivity contribution in [3.8, 4) is 0 Å². The summed E-state index contributed by atoms with van der Waals surface area (Å²) in [6.45, 7) is 14.1. The molecule has 0 saturated heterocycles. The number of hydrogen-bond acceptors (Lipinski definition) is 15. The van der Waals surface area contributed by atoms with Crippen LogP contribution >= 0.6 is 15.6 Å². The summed E-state index contributed by atoms with van der Waals surface area (Å²) in [5.41, 5.74) is 0. The summed E-state index contributed by atoms with van der Waals surface area (Å²) in [5, 5.41) is 10.6. The van der Waals surface area contributed by atoms with Crippen LogP contribution in [-0.4, -0.2) is 96.7 Å². The van der Waals surface area contributed by atoms with E-state index >= 15 is 0 Å². The van der Waals surface area contributed by atoms with E-state index in [9.17, 15) is 43.2 Å². The number of esters is 4. The molecule has 3 N–H and O–H groups in total. The summed E-state index contributed by atoms with van der Waals surface area (Å²) in [6.07, 6.45) is 45.9. The molecule has 0 rings (SSSR count). The zero-order valence-electron chi connectivity index (χ0n) is 60.2. The van der Waals surface area contributed by atoms with Gasteiger partial charge in [-0.25, -0.2) is 9.13 Å². The number of ether oxygens (including phenoxy) is 4. The van der Waals surface area contributed by atoms with Gasteiger partial charge in [0.05, 0.1) is 26.4 Å². The van der Waals surface area contributed by atoms with Crippen LogP contribution < -0.4 is 0 Å². The monoisotopic (exact) mass is 1350 g/mol. The Labute approximate surface area is 562 Å². The normalized spacial score (nSPS) is 14.5. The van der Waals surface area contributed by atoms with Crippen molar-refractivity contribution in [3.05, 3.63) is 0 Å². The number of phosphoric ester groups is 2. The lowest BCUT2D eigenvalue weighted by Crippen LogP contribution is -2.30. The number of carbonyl (C=O) groups is 4. The molecule has 0 aliphatic heterocycles. The van der Waals surface area contributed by atoms with Gasteiger partial charge in [-0.1, -0.05) is 312 Å². The molecule has 0 fully saturated rings. The minimum absolute atomic E-state index is 0.104. The summed E-state index contributed by atoms with van der Waals surface area (Å²) in [4.78, 5) is 72.6. The van der Waals surface area contributed by atoms with Crippen LogP contribution in [0.2, 0.25) is 0 Å². The molecule has 0 radical (unpaired) electrons. The van der Waals surface area contributed by atoms with Gasteiger partial charge in [0.25, 0.3) is 0 Å². The number of aliphatic hydroxyl groups excluding tert-OH is 1.